The number of allylic oxidation sites excluding steroid dienone is 6. The lowest BCUT2D eigenvalue weighted by atomic mass is 10.1. The maximum atomic E-state index is 12.2. The van der Waals surface area contributed by atoms with Crippen LogP contribution >= 0.6 is 0 Å². The minimum atomic E-state index is -0.409. The van der Waals surface area contributed by atoms with Gasteiger partial charge in [-0.1, -0.05) is 34.4 Å². The minimum Gasteiger partial charge on any atom is -0.458 e. The maximum absolute atomic E-state index is 12.2. The molecule has 0 saturated carbocycles. The Kier molecular flexibility index (Phi) is 12.7. The van der Waals surface area contributed by atoms with Crippen LogP contribution in [0.25, 0.3) is 0 Å². The van der Waals surface area contributed by atoms with Crippen LogP contribution in [0.3, 0.4) is 0 Å². The summed E-state index contributed by atoms with van der Waals surface area (Å²) in [6.07, 6.45) is 12.1. The molecule has 0 fully saturated rings. The van der Waals surface area contributed by atoms with Crippen molar-refractivity contribution in [2.45, 2.75) is 67.2 Å². The number of hydrogen-bond acceptors (Lipinski definition) is 4. The van der Waals surface area contributed by atoms with Crippen LogP contribution in [0.5, 0.6) is 0 Å². The molecule has 0 spiro atoms. The number of benzene rings is 1. The van der Waals surface area contributed by atoms with Crippen LogP contribution in [-0.4, -0.2) is 25.2 Å². The van der Waals surface area contributed by atoms with Crippen LogP contribution in [0.15, 0.2) is 70.9 Å². The molecule has 0 aliphatic carbocycles. The summed E-state index contributed by atoms with van der Waals surface area (Å²) in [5.41, 5.74) is 5.81. The van der Waals surface area contributed by atoms with Crippen LogP contribution < -0.4 is 0 Å². The molecule has 0 aliphatic rings. The van der Waals surface area contributed by atoms with E-state index in [-0.39, 0.29) is 13.2 Å². The fourth-order valence-electron chi connectivity index (χ4n) is 2.81. The van der Waals surface area contributed by atoms with E-state index in [9.17, 15) is 9.59 Å². The number of hydrogen-bond donors (Lipinski definition) is 0. The minimum absolute atomic E-state index is 0.239. The lowest BCUT2D eigenvalue weighted by Gasteiger charge is -2.06. The first kappa shape index (κ1) is 27.2. The summed E-state index contributed by atoms with van der Waals surface area (Å²) in [6.45, 7) is 12.9. The normalized spacial score (nSPS) is 11.6. The first-order chi connectivity index (χ1) is 15.2. The van der Waals surface area contributed by atoms with Gasteiger partial charge in [-0.05, 0) is 104 Å². The Morgan fingerprint density at radius 2 is 0.969 bits per heavy atom. The summed E-state index contributed by atoms with van der Waals surface area (Å²) in [7, 11) is 0. The molecule has 0 bridgehead atoms. The third kappa shape index (κ3) is 12.1. The molecule has 4 nitrogen and oxygen atoms in total. The second-order valence-corrected chi connectivity index (χ2v) is 8.52. The maximum Gasteiger partial charge on any atom is 0.338 e. The number of carbonyl (C=O) groups excluding carboxylic acids is 2. The largest absolute Gasteiger partial charge is 0.458 e. The van der Waals surface area contributed by atoms with Gasteiger partial charge in [0, 0.05) is 0 Å². The molecule has 174 valence electrons. The van der Waals surface area contributed by atoms with Gasteiger partial charge in [0.1, 0.15) is 13.2 Å². The molecular weight excluding hydrogens is 400 g/mol. The molecule has 0 N–H and O–H groups in total. The van der Waals surface area contributed by atoms with Gasteiger partial charge in [-0.25, -0.2) is 9.59 Å². The Hall–Kier alpha value is -2.88. The molecule has 4 heteroatoms. The molecule has 1 aromatic rings. The van der Waals surface area contributed by atoms with Crippen LogP contribution in [0.1, 0.15) is 87.9 Å². The van der Waals surface area contributed by atoms with Crippen LogP contribution in [0, 0.1) is 0 Å². The summed E-state index contributed by atoms with van der Waals surface area (Å²) in [5.74, 6) is -0.818. The summed E-state index contributed by atoms with van der Waals surface area (Å²) < 4.78 is 10.6. The van der Waals surface area contributed by atoms with E-state index in [1.807, 2.05) is 26.0 Å². The Balaban J connectivity index is 2.45. The highest BCUT2D eigenvalue weighted by molar-refractivity contribution is 5.93. The third-order valence-electron chi connectivity index (χ3n) is 4.83. The predicted molar refractivity (Wildman–Crippen MR) is 132 cm³/mol. The van der Waals surface area contributed by atoms with Gasteiger partial charge in [-0.15, -0.1) is 0 Å². The van der Waals surface area contributed by atoms with Crippen molar-refractivity contribution >= 4 is 11.9 Å². The molecule has 0 unspecified atom stereocenters. The molecule has 1 rings (SSSR count). The molecule has 0 heterocycles. The SMILES string of the molecule is CC(C)=CCCC(C)=CCOC(=O)c1ccc(C(=O)OCC=C(C)CCC=C(C)C)cc1. The van der Waals surface area contributed by atoms with Crippen LogP contribution in [0.4, 0.5) is 0 Å². The summed E-state index contributed by atoms with van der Waals surface area (Å²) in [5, 5.41) is 0. The molecule has 32 heavy (non-hydrogen) atoms. The highest BCUT2D eigenvalue weighted by Crippen LogP contribution is 2.10. The summed E-state index contributed by atoms with van der Waals surface area (Å²) >= 11 is 0. The fourth-order valence-corrected chi connectivity index (χ4v) is 2.81. The summed E-state index contributed by atoms with van der Waals surface area (Å²) in [6, 6.07) is 6.35. The number of ether oxygens (including phenoxy) is 2. The summed E-state index contributed by atoms with van der Waals surface area (Å²) in [4.78, 5) is 24.4. The highest BCUT2D eigenvalue weighted by atomic mass is 16.5. The molecule has 0 aromatic heterocycles. The smallest absolute Gasteiger partial charge is 0.338 e. The van der Waals surface area contributed by atoms with Crippen LogP contribution in [0.2, 0.25) is 0 Å². The van der Waals surface area contributed by atoms with Crippen molar-refractivity contribution < 1.29 is 19.1 Å². The van der Waals surface area contributed by atoms with Gasteiger partial charge >= 0.3 is 11.9 Å². The molecule has 0 saturated heterocycles. The van der Waals surface area contributed by atoms with E-state index in [2.05, 4.69) is 39.8 Å². The molecule has 0 aliphatic heterocycles. The predicted octanol–water partition coefficient (Wildman–Crippen LogP) is 7.39. The van der Waals surface area contributed by atoms with Gasteiger partial charge in [0.05, 0.1) is 11.1 Å². The monoisotopic (exact) mass is 438 g/mol. The van der Waals surface area contributed by atoms with Gasteiger partial charge in [0.25, 0.3) is 0 Å². The topological polar surface area (TPSA) is 52.6 Å². The van der Waals surface area contributed by atoms with Crippen molar-refractivity contribution in [1.29, 1.82) is 0 Å². The average Bonchev–Trinajstić information content (AvgIpc) is 2.73. The zero-order valence-corrected chi connectivity index (χ0v) is 20.5. The van der Waals surface area contributed by atoms with E-state index >= 15 is 0 Å². The number of esters is 2. The van der Waals surface area contributed by atoms with E-state index in [0.29, 0.717) is 11.1 Å². The molecule has 0 atom stereocenters. The molecule has 0 radical (unpaired) electrons. The second-order valence-electron chi connectivity index (χ2n) is 8.52. The Morgan fingerprint density at radius 3 is 1.28 bits per heavy atom. The molecular formula is C28H38O4. The number of carbonyl (C=O) groups is 2. The Morgan fingerprint density at radius 1 is 0.625 bits per heavy atom. The van der Waals surface area contributed by atoms with Crippen molar-refractivity contribution in [3.63, 3.8) is 0 Å². The zero-order chi connectivity index (χ0) is 23.9. The first-order valence-electron chi connectivity index (χ1n) is 11.2. The third-order valence-corrected chi connectivity index (χ3v) is 4.83. The number of rotatable bonds is 12. The highest BCUT2D eigenvalue weighted by Gasteiger charge is 2.10. The Bertz CT molecular complexity index is 786. The Labute approximate surface area is 193 Å². The quantitative estimate of drug-likeness (QED) is 0.252. The lowest BCUT2D eigenvalue weighted by Crippen LogP contribution is -2.08. The van der Waals surface area contributed by atoms with E-state index in [0.717, 1.165) is 25.7 Å². The van der Waals surface area contributed by atoms with Gasteiger partial charge in [-0.3, -0.25) is 0 Å². The fraction of sp³-hybridized carbons (Fsp3) is 0.429. The lowest BCUT2D eigenvalue weighted by molar-refractivity contribution is 0.0534. The van der Waals surface area contributed by atoms with E-state index in [1.165, 1.54) is 22.3 Å². The van der Waals surface area contributed by atoms with E-state index < -0.39 is 11.9 Å². The van der Waals surface area contributed by atoms with Crippen LogP contribution in [-0.2, 0) is 9.47 Å². The molecule has 0 amide bonds. The first-order valence-corrected chi connectivity index (χ1v) is 11.2. The van der Waals surface area contributed by atoms with Crippen molar-refractivity contribution in [3.05, 3.63) is 82.0 Å². The van der Waals surface area contributed by atoms with E-state index in [4.69, 9.17) is 9.47 Å². The molecule has 1 aromatic carbocycles. The van der Waals surface area contributed by atoms with Gasteiger partial charge < -0.3 is 9.47 Å². The van der Waals surface area contributed by atoms with Gasteiger partial charge in [-0.2, -0.15) is 0 Å². The van der Waals surface area contributed by atoms with Crippen molar-refractivity contribution in [2.75, 3.05) is 13.2 Å². The van der Waals surface area contributed by atoms with E-state index in [1.54, 1.807) is 24.3 Å². The standard InChI is InChI=1S/C28H38O4/c1-21(2)9-7-11-23(5)17-19-31-27(29)25-13-15-26(16-14-25)28(30)32-20-18-24(6)12-8-10-22(3)4/h9-10,13-18H,7-8,11-12,19-20H2,1-6H3. The van der Waals surface area contributed by atoms with Crippen molar-refractivity contribution in [2.24, 2.45) is 0 Å². The van der Waals surface area contributed by atoms with Gasteiger partial charge in [0.2, 0.25) is 0 Å². The van der Waals surface area contributed by atoms with Gasteiger partial charge in [0.15, 0.2) is 0 Å². The van der Waals surface area contributed by atoms with Crippen molar-refractivity contribution in [3.8, 4) is 0 Å². The zero-order valence-electron chi connectivity index (χ0n) is 20.5. The average molecular weight is 439 g/mol. The van der Waals surface area contributed by atoms with Crippen molar-refractivity contribution in [1.82, 2.24) is 0 Å². The second kappa shape index (κ2) is 15.0.